The molecule has 0 aromatic heterocycles. The Kier molecular flexibility index (Phi) is 5.94. The number of hydrogen-bond donors (Lipinski definition) is 2. The molecule has 110 valence electrons. The van der Waals surface area contributed by atoms with Crippen LogP contribution in [0, 0.1) is 11.8 Å². The van der Waals surface area contributed by atoms with E-state index in [9.17, 15) is 18.4 Å². The average molecular weight is 303 g/mol. The minimum absolute atomic E-state index is 0.393. The molecule has 0 aliphatic heterocycles. The summed E-state index contributed by atoms with van der Waals surface area (Å²) < 4.78 is 24.3. The van der Waals surface area contributed by atoms with Crippen LogP contribution in [0.15, 0.2) is 29.2 Å². The highest BCUT2D eigenvalue weighted by atomic mass is 32.2. The third kappa shape index (κ3) is 4.80. The molecule has 0 heterocycles. The SMILES string of the molecule is CC(C(=O)O)C(C)C(=O)Nc1ccc(SC(F)F)cc1. The lowest BCUT2D eigenvalue weighted by Gasteiger charge is -2.15. The van der Waals surface area contributed by atoms with Gasteiger partial charge in [0.25, 0.3) is 5.76 Å². The molecule has 0 bridgehead atoms. The molecule has 0 fully saturated rings. The number of aliphatic carboxylic acids is 1. The first-order valence-corrected chi connectivity index (χ1v) is 6.77. The van der Waals surface area contributed by atoms with Gasteiger partial charge in [0.15, 0.2) is 0 Å². The molecular weight excluding hydrogens is 288 g/mol. The Labute approximate surface area is 119 Å². The van der Waals surface area contributed by atoms with E-state index in [0.29, 0.717) is 22.3 Å². The largest absolute Gasteiger partial charge is 0.481 e. The topological polar surface area (TPSA) is 66.4 Å². The van der Waals surface area contributed by atoms with Crippen LogP contribution in [0.25, 0.3) is 0 Å². The van der Waals surface area contributed by atoms with Gasteiger partial charge in [0.2, 0.25) is 5.91 Å². The Bertz CT molecular complexity index is 479. The van der Waals surface area contributed by atoms with E-state index in [1.54, 1.807) is 0 Å². The summed E-state index contributed by atoms with van der Waals surface area (Å²) >= 11 is 0.417. The number of carboxylic acid groups (broad SMARTS) is 1. The Balaban J connectivity index is 2.64. The van der Waals surface area contributed by atoms with E-state index in [2.05, 4.69) is 5.32 Å². The lowest BCUT2D eigenvalue weighted by Crippen LogP contribution is -2.29. The predicted molar refractivity (Wildman–Crippen MR) is 72.9 cm³/mol. The third-order valence-corrected chi connectivity index (χ3v) is 3.62. The zero-order chi connectivity index (χ0) is 15.3. The summed E-state index contributed by atoms with van der Waals surface area (Å²) in [6.07, 6.45) is 0. The quantitative estimate of drug-likeness (QED) is 0.791. The fourth-order valence-corrected chi connectivity index (χ4v) is 1.92. The van der Waals surface area contributed by atoms with E-state index in [1.165, 1.54) is 38.1 Å². The van der Waals surface area contributed by atoms with Crippen LogP contribution in [0.5, 0.6) is 0 Å². The zero-order valence-electron chi connectivity index (χ0n) is 11.0. The number of nitrogens with one attached hydrogen (secondary N) is 1. The van der Waals surface area contributed by atoms with Crippen LogP contribution < -0.4 is 5.32 Å². The number of carbonyl (C=O) groups excluding carboxylic acids is 1. The van der Waals surface area contributed by atoms with Crippen molar-refractivity contribution in [3.05, 3.63) is 24.3 Å². The summed E-state index contributed by atoms with van der Waals surface area (Å²) in [6, 6.07) is 5.94. The van der Waals surface area contributed by atoms with E-state index < -0.39 is 29.5 Å². The van der Waals surface area contributed by atoms with Crippen LogP contribution in [0.1, 0.15) is 13.8 Å². The summed E-state index contributed by atoms with van der Waals surface area (Å²) in [4.78, 5) is 23.0. The van der Waals surface area contributed by atoms with Crippen LogP contribution in [0.4, 0.5) is 14.5 Å². The predicted octanol–water partition coefficient (Wildman–Crippen LogP) is 3.30. The highest BCUT2D eigenvalue weighted by Crippen LogP contribution is 2.26. The van der Waals surface area contributed by atoms with Crippen molar-refractivity contribution in [1.82, 2.24) is 0 Å². The molecule has 7 heteroatoms. The maximum absolute atomic E-state index is 12.1. The first-order valence-electron chi connectivity index (χ1n) is 5.89. The van der Waals surface area contributed by atoms with Crippen molar-refractivity contribution in [2.45, 2.75) is 24.5 Å². The van der Waals surface area contributed by atoms with Gasteiger partial charge < -0.3 is 10.4 Å². The standard InChI is InChI=1S/C13H15F2NO3S/c1-7(8(2)12(18)19)11(17)16-9-3-5-10(6-4-9)20-13(14)15/h3-8,13H,1-2H3,(H,16,17)(H,18,19). The van der Waals surface area contributed by atoms with Crippen LogP contribution >= 0.6 is 11.8 Å². The third-order valence-electron chi connectivity index (χ3n) is 2.90. The van der Waals surface area contributed by atoms with Crippen LogP contribution in [0.2, 0.25) is 0 Å². The van der Waals surface area contributed by atoms with Crippen LogP contribution in [-0.2, 0) is 9.59 Å². The summed E-state index contributed by atoms with van der Waals surface area (Å²) in [6.45, 7) is 2.98. The maximum atomic E-state index is 12.1. The Morgan fingerprint density at radius 3 is 2.15 bits per heavy atom. The molecule has 0 aliphatic carbocycles. The molecule has 2 unspecified atom stereocenters. The molecule has 0 radical (unpaired) electrons. The number of rotatable bonds is 6. The molecular formula is C13H15F2NO3S. The number of alkyl halides is 2. The molecule has 1 aromatic carbocycles. The fraction of sp³-hybridized carbons (Fsp3) is 0.385. The van der Waals surface area contributed by atoms with Crippen molar-refractivity contribution in [3.8, 4) is 0 Å². The average Bonchev–Trinajstić information content (AvgIpc) is 2.38. The van der Waals surface area contributed by atoms with E-state index in [-0.39, 0.29) is 0 Å². The number of benzene rings is 1. The van der Waals surface area contributed by atoms with Crippen molar-refractivity contribution < 1.29 is 23.5 Å². The minimum Gasteiger partial charge on any atom is -0.481 e. The van der Waals surface area contributed by atoms with Gasteiger partial charge in [-0.2, -0.15) is 8.78 Å². The first-order chi connectivity index (χ1) is 9.31. The lowest BCUT2D eigenvalue weighted by molar-refractivity contribution is -0.145. The van der Waals surface area contributed by atoms with E-state index >= 15 is 0 Å². The zero-order valence-corrected chi connectivity index (χ0v) is 11.8. The highest BCUT2D eigenvalue weighted by molar-refractivity contribution is 7.99. The molecule has 0 aliphatic rings. The molecule has 0 saturated heterocycles. The summed E-state index contributed by atoms with van der Waals surface area (Å²) in [5.74, 6) is -5.45. The number of amides is 1. The lowest BCUT2D eigenvalue weighted by atomic mass is 9.95. The fourth-order valence-electron chi connectivity index (χ4n) is 1.42. The van der Waals surface area contributed by atoms with E-state index in [0.717, 1.165) is 0 Å². The number of carbonyl (C=O) groups is 2. The smallest absolute Gasteiger partial charge is 0.307 e. The van der Waals surface area contributed by atoms with Gasteiger partial charge in [-0.1, -0.05) is 25.6 Å². The van der Waals surface area contributed by atoms with Crippen molar-refractivity contribution in [2.24, 2.45) is 11.8 Å². The van der Waals surface area contributed by atoms with E-state index in [4.69, 9.17) is 5.11 Å². The molecule has 0 saturated carbocycles. The Morgan fingerprint density at radius 1 is 1.15 bits per heavy atom. The molecule has 1 amide bonds. The molecule has 2 N–H and O–H groups in total. The normalized spacial score (nSPS) is 13.8. The van der Waals surface area contributed by atoms with Crippen molar-refractivity contribution in [2.75, 3.05) is 5.32 Å². The monoisotopic (exact) mass is 303 g/mol. The second-order valence-corrected chi connectivity index (χ2v) is 5.37. The van der Waals surface area contributed by atoms with Gasteiger partial charge in [0.1, 0.15) is 0 Å². The molecule has 1 aromatic rings. The van der Waals surface area contributed by atoms with Gasteiger partial charge in [-0.15, -0.1) is 0 Å². The Morgan fingerprint density at radius 2 is 1.70 bits per heavy atom. The summed E-state index contributed by atoms with van der Waals surface area (Å²) in [5, 5.41) is 11.4. The van der Waals surface area contributed by atoms with Gasteiger partial charge in [-0.3, -0.25) is 9.59 Å². The van der Waals surface area contributed by atoms with Crippen molar-refractivity contribution in [1.29, 1.82) is 0 Å². The molecule has 4 nitrogen and oxygen atoms in total. The molecule has 2 atom stereocenters. The second-order valence-electron chi connectivity index (χ2n) is 4.31. The van der Waals surface area contributed by atoms with Crippen molar-refractivity contribution in [3.63, 3.8) is 0 Å². The summed E-state index contributed by atoms with van der Waals surface area (Å²) in [7, 11) is 0. The molecule has 0 spiro atoms. The first kappa shape index (κ1) is 16.4. The molecule has 20 heavy (non-hydrogen) atoms. The van der Waals surface area contributed by atoms with Crippen molar-refractivity contribution >= 4 is 29.3 Å². The second kappa shape index (κ2) is 7.23. The van der Waals surface area contributed by atoms with Gasteiger partial charge in [0, 0.05) is 16.5 Å². The van der Waals surface area contributed by atoms with Gasteiger partial charge in [-0.25, -0.2) is 0 Å². The minimum atomic E-state index is -2.49. The van der Waals surface area contributed by atoms with Gasteiger partial charge in [0.05, 0.1) is 5.92 Å². The Hall–Kier alpha value is -1.63. The van der Waals surface area contributed by atoms with E-state index in [1.807, 2.05) is 0 Å². The van der Waals surface area contributed by atoms with Gasteiger partial charge >= 0.3 is 5.97 Å². The van der Waals surface area contributed by atoms with Crippen LogP contribution in [0.3, 0.4) is 0 Å². The number of thioether (sulfide) groups is 1. The van der Waals surface area contributed by atoms with Gasteiger partial charge in [-0.05, 0) is 24.3 Å². The number of hydrogen-bond acceptors (Lipinski definition) is 3. The van der Waals surface area contributed by atoms with Crippen LogP contribution in [-0.4, -0.2) is 22.7 Å². The highest BCUT2D eigenvalue weighted by Gasteiger charge is 2.25. The number of carboxylic acids is 1. The summed E-state index contributed by atoms with van der Waals surface area (Å²) in [5.41, 5.74) is 0.443. The number of anilines is 1. The number of halogens is 2. The molecule has 1 rings (SSSR count). The maximum Gasteiger partial charge on any atom is 0.307 e.